The molecule has 1 N–H and O–H groups in total. The molecule has 3 nitrogen and oxygen atoms in total. The number of aromatic nitrogens is 2. The predicted octanol–water partition coefficient (Wildman–Crippen LogP) is 3.40. The Morgan fingerprint density at radius 3 is 2.59 bits per heavy atom. The van der Waals surface area contributed by atoms with E-state index in [1.807, 2.05) is 26.0 Å². The van der Waals surface area contributed by atoms with Gasteiger partial charge in [-0.05, 0) is 47.5 Å². The molecule has 0 aliphatic heterocycles. The van der Waals surface area contributed by atoms with Gasteiger partial charge in [0, 0.05) is 0 Å². The number of aliphatic hydroxyl groups is 1. The SMILES string of the molecule is Cc1nn(-c2ccc(CO)cc2Cl)c(C)c1Br. The van der Waals surface area contributed by atoms with Gasteiger partial charge in [0.15, 0.2) is 0 Å². The summed E-state index contributed by atoms with van der Waals surface area (Å²) in [5, 5.41) is 14.0. The van der Waals surface area contributed by atoms with Gasteiger partial charge >= 0.3 is 0 Å². The van der Waals surface area contributed by atoms with Crippen molar-refractivity contribution in [1.29, 1.82) is 0 Å². The predicted molar refractivity (Wildman–Crippen MR) is 71.7 cm³/mol. The molecule has 0 aliphatic carbocycles. The molecule has 17 heavy (non-hydrogen) atoms. The van der Waals surface area contributed by atoms with Crippen molar-refractivity contribution in [3.63, 3.8) is 0 Å². The summed E-state index contributed by atoms with van der Waals surface area (Å²) in [5.41, 5.74) is 3.53. The minimum Gasteiger partial charge on any atom is -0.392 e. The summed E-state index contributed by atoms with van der Waals surface area (Å²) in [6.07, 6.45) is 0. The van der Waals surface area contributed by atoms with E-state index in [1.54, 1.807) is 10.7 Å². The lowest BCUT2D eigenvalue weighted by Crippen LogP contribution is -2.00. The van der Waals surface area contributed by atoms with Crippen molar-refractivity contribution < 1.29 is 5.11 Å². The fourth-order valence-electron chi connectivity index (χ4n) is 1.68. The van der Waals surface area contributed by atoms with Crippen LogP contribution in [-0.4, -0.2) is 14.9 Å². The molecular weight excluding hydrogens is 304 g/mol. The normalized spacial score (nSPS) is 10.9. The number of hydrogen-bond acceptors (Lipinski definition) is 2. The Morgan fingerprint density at radius 1 is 1.41 bits per heavy atom. The van der Waals surface area contributed by atoms with Crippen molar-refractivity contribution in [3.8, 4) is 5.69 Å². The maximum atomic E-state index is 9.04. The molecule has 1 aromatic carbocycles. The van der Waals surface area contributed by atoms with Crippen LogP contribution in [0.15, 0.2) is 22.7 Å². The van der Waals surface area contributed by atoms with Crippen LogP contribution in [-0.2, 0) is 6.61 Å². The van der Waals surface area contributed by atoms with Gasteiger partial charge < -0.3 is 5.11 Å². The molecule has 0 bridgehead atoms. The highest BCUT2D eigenvalue weighted by Crippen LogP contribution is 2.27. The molecular formula is C12H12BrClN2O. The van der Waals surface area contributed by atoms with E-state index in [-0.39, 0.29) is 6.61 Å². The number of halogens is 2. The first kappa shape index (κ1) is 12.6. The quantitative estimate of drug-likeness (QED) is 0.922. The highest BCUT2D eigenvalue weighted by atomic mass is 79.9. The molecule has 90 valence electrons. The minimum atomic E-state index is -0.0131. The van der Waals surface area contributed by atoms with Gasteiger partial charge in [-0.25, -0.2) is 4.68 Å². The van der Waals surface area contributed by atoms with Crippen LogP contribution in [0.1, 0.15) is 17.0 Å². The first-order valence-electron chi connectivity index (χ1n) is 5.16. The molecule has 1 aromatic heterocycles. The van der Waals surface area contributed by atoms with Gasteiger partial charge in [-0.1, -0.05) is 17.7 Å². The van der Waals surface area contributed by atoms with E-state index in [4.69, 9.17) is 16.7 Å². The second kappa shape index (κ2) is 4.80. The Morgan fingerprint density at radius 2 is 2.12 bits per heavy atom. The van der Waals surface area contributed by atoms with Crippen molar-refractivity contribution in [2.24, 2.45) is 0 Å². The Labute approximate surface area is 113 Å². The first-order valence-corrected chi connectivity index (χ1v) is 6.33. The number of nitrogens with zero attached hydrogens (tertiary/aromatic N) is 2. The summed E-state index contributed by atoms with van der Waals surface area (Å²) in [6.45, 7) is 3.89. The fourth-order valence-corrected chi connectivity index (χ4v) is 2.21. The highest BCUT2D eigenvalue weighted by Gasteiger charge is 2.12. The first-order chi connectivity index (χ1) is 8.04. The van der Waals surface area contributed by atoms with E-state index >= 15 is 0 Å². The summed E-state index contributed by atoms with van der Waals surface area (Å²) in [7, 11) is 0. The maximum absolute atomic E-state index is 9.04. The number of aliphatic hydroxyl groups excluding tert-OH is 1. The molecule has 0 saturated heterocycles. The standard InChI is InChI=1S/C12H12BrClN2O/c1-7-12(13)8(2)16(15-7)11-4-3-9(6-17)5-10(11)14/h3-5,17H,6H2,1-2H3. The molecule has 0 fully saturated rings. The summed E-state index contributed by atoms with van der Waals surface area (Å²) in [4.78, 5) is 0. The van der Waals surface area contributed by atoms with Gasteiger partial charge in [0.05, 0.1) is 33.2 Å². The maximum Gasteiger partial charge on any atom is 0.0835 e. The van der Waals surface area contributed by atoms with Crippen LogP contribution in [0, 0.1) is 13.8 Å². The molecule has 2 aromatic rings. The lowest BCUT2D eigenvalue weighted by Gasteiger charge is -2.08. The molecule has 1 heterocycles. The zero-order chi connectivity index (χ0) is 12.6. The van der Waals surface area contributed by atoms with Crippen molar-refractivity contribution in [2.75, 3.05) is 0 Å². The monoisotopic (exact) mass is 314 g/mol. The van der Waals surface area contributed by atoms with Crippen LogP contribution in [0.4, 0.5) is 0 Å². The third kappa shape index (κ3) is 2.25. The zero-order valence-electron chi connectivity index (χ0n) is 9.54. The van der Waals surface area contributed by atoms with E-state index in [0.29, 0.717) is 5.02 Å². The van der Waals surface area contributed by atoms with Gasteiger partial charge in [-0.2, -0.15) is 5.10 Å². The van der Waals surface area contributed by atoms with Gasteiger partial charge in [0.2, 0.25) is 0 Å². The Hall–Kier alpha value is -0.840. The van der Waals surface area contributed by atoms with E-state index in [9.17, 15) is 0 Å². The van der Waals surface area contributed by atoms with E-state index < -0.39 is 0 Å². The molecule has 0 atom stereocenters. The van der Waals surface area contributed by atoms with Crippen LogP contribution in [0.5, 0.6) is 0 Å². The topological polar surface area (TPSA) is 38.0 Å². The van der Waals surface area contributed by atoms with Crippen LogP contribution in [0.25, 0.3) is 5.69 Å². The summed E-state index contributed by atoms with van der Waals surface area (Å²) >= 11 is 9.67. The third-order valence-electron chi connectivity index (χ3n) is 2.63. The average Bonchev–Trinajstić information content (AvgIpc) is 2.57. The van der Waals surface area contributed by atoms with E-state index in [1.165, 1.54) is 0 Å². The molecule has 0 aliphatic rings. The molecule has 2 rings (SSSR count). The lowest BCUT2D eigenvalue weighted by atomic mass is 10.2. The number of aryl methyl sites for hydroxylation is 1. The number of benzene rings is 1. The highest BCUT2D eigenvalue weighted by molar-refractivity contribution is 9.10. The number of rotatable bonds is 2. The Bertz CT molecular complexity index is 566. The molecule has 0 radical (unpaired) electrons. The van der Waals surface area contributed by atoms with E-state index in [0.717, 1.165) is 27.1 Å². The second-order valence-corrected chi connectivity index (χ2v) is 5.04. The Balaban J connectivity index is 2.57. The fraction of sp³-hybridized carbons (Fsp3) is 0.250. The summed E-state index contributed by atoms with van der Waals surface area (Å²) in [6, 6.07) is 5.45. The van der Waals surface area contributed by atoms with Gasteiger partial charge in [-0.3, -0.25) is 0 Å². The summed E-state index contributed by atoms with van der Waals surface area (Å²) in [5.74, 6) is 0. The van der Waals surface area contributed by atoms with Crippen LogP contribution >= 0.6 is 27.5 Å². The lowest BCUT2D eigenvalue weighted by molar-refractivity contribution is 0.282. The van der Waals surface area contributed by atoms with Gasteiger partial charge in [0.25, 0.3) is 0 Å². The number of hydrogen-bond donors (Lipinski definition) is 1. The molecule has 0 amide bonds. The zero-order valence-corrected chi connectivity index (χ0v) is 11.9. The van der Waals surface area contributed by atoms with Crippen LogP contribution in [0.3, 0.4) is 0 Å². The van der Waals surface area contributed by atoms with Crippen molar-refractivity contribution in [3.05, 3.63) is 44.6 Å². The summed E-state index contributed by atoms with van der Waals surface area (Å²) < 4.78 is 2.78. The van der Waals surface area contributed by atoms with Gasteiger partial charge in [0.1, 0.15) is 0 Å². The van der Waals surface area contributed by atoms with Crippen LogP contribution < -0.4 is 0 Å². The molecule has 0 saturated carbocycles. The third-order valence-corrected chi connectivity index (χ3v) is 4.08. The molecule has 5 heteroatoms. The smallest absolute Gasteiger partial charge is 0.0835 e. The molecule has 0 unspecified atom stereocenters. The van der Waals surface area contributed by atoms with Crippen LogP contribution in [0.2, 0.25) is 5.02 Å². The van der Waals surface area contributed by atoms with E-state index in [2.05, 4.69) is 21.0 Å². The minimum absolute atomic E-state index is 0.0131. The van der Waals surface area contributed by atoms with Gasteiger partial charge in [-0.15, -0.1) is 0 Å². The second-order valence-electron chi connectivity index (χ2n) is 3.84. The Kier molecular flexibility index (Phi) is 3.56. The largest absolute Gasteiger partial charge is 0.392 e. The van der Waals surface area contributed by atoms with Crippen molar-refractivity contribution in [2.45, 2.75) is 20.5 Å². The molecule has 0 spiro atoms. The van der Waals surface area contributed by atoms with Crippen molar-refractivity contribution in [1.82, 2.24) is 9.78 Å². The average molecular weight is 316 g/mol. The van der Waals surface area contributed by atoms with Crippen molar-refractivity contribution >= 4 is 27.5 Å².